The fraction of sp³-hybridized carbons (Fsp3) is 0.353. The molecule has 0 spiro atoms. The Morgan fingerprint density at radius 1 is 1.08 bits per heavy atom. The van der Waals surface area contributed by atoms with Crippen molar-refractivity contribution in [3.63, 3.8) is 0 Å². The van der Waals surface area contributed by atoms with E-state index in [2.05, 4.69) is 9.88 Å². The van der Waals surface area contributed by atoms with E-state index in [0.29, 0.717) is 24.1 Å². The summed E-state index contributed by atoms with van der Waals surface area (Å²) in [5.74, 6) is -0.418. The summed E-state index contributed by atoms with van der Waals surface area (Å²) >= 11 is 1.60. The second-order valence-corrected chi connectivity index (χ2v) is 6.61. The maximum Gasteiger partial charge on any atom is 0.261 e. The molecule has 4 rings (SSSR count). The van der Waals surface area contributed by atoms with Gasteiger partial charge in [0.2, 0.25) is 0 Å². The van der Waals surface area contributed by atoms with E-state index in [-0.39, 0.29) is 11.8 Å². The van der Waals surface area contributed by atoms with Crippen LogP contribution in [0.5, 0.6) is 0 Å². The Balaban J connectivity index is 1.42. The zero-order chi connectivity index (χ0) is 16.5. The molecule has 2 aromatic rings. The molecule has 3 heterocycles. The lowest BCUT2D eigenvalue weighted by atomic mass is 10.1. The highest BCUT2D eigenvalue weighted by Gasteiger charge is 2.34. The normalized spacial score (nSPS) is 17.5. The van der Waals surface area contributed by atoms with E-state index < -0.39 is 0 Å². The summed E-state index contributed by atoms with van der Waals surface area (Å²) in [4.78, 5) is 32.9. The molecule has 0 aliphatic carbocycles. The van der Waals surface area contributed by atoms with Crippen LogP contribution in [0.25, 0.3) is 0 Å². The Morgan fingerprint density at radius 2 is 1.75 bits per heavy atom. The Morgan fingerprint density at radius 3 is 2.42 bits per heavy atom. The van der Waals surface area contributed by atoms with Crippen LogP contribution in [0, 0.1) is 0 Å². The number of thiazole rings is 1. The van der Waals surface area contributed by atoms with Crippen LogP contribution in [0.3, 0.4) is 0 Å². The number of benzene rings is 1. The van der Waals surface area contributed by atoms with E-state index in [1.54, 1.807) is 35.6 Å². The number of morpholine rings is 1. The zero-order valence-corrected chi connectivity index (χ0v) is 13.9. The van der Waals surface area contributed by atoms with Crippen LogP contribution in [0.2, 0.25) is 0 Å². The van der Waals surface area contributed by atoms with Gasteiger partial charge in [-0.05, 0) is 12.1 Å². The van der Waals surface area contributed by atoms with Gasteiger partial charge in [-0.1, -0.05) is 12.1 Å². The molecule has 1 aromatic carbocycles. The molecule has 0 unspecified atom stereocenters. The maximum absolute atomic E-state index is 12.3. The average molecular weight is 343 g/mol. The highest BCUT2D eigenvalue weighted by Crippen LogP contribution is 2.24. The number of ether oxygens (including phenoxy) is 1. The topological polar surface area (TPSA) is 62.7 Å². The number of amides is 2. The SMILES string of the molecule is O=C1c2ccccc2C(=O)N1CCc1csc(N2CCOCC2)n1. The molecule has 1 aromatic heterocycles. The van der Waals surface area contributed by atoms with E-state index in [1.807, 2.05) is 5.38 Å². The summed E-state index contributed by atoms with van der Waals surface area (Å²) < 4.78 is 5.35. The third-order valence-corrected chi connectivity index (χ3v) is 5.24. The van der Waals surface area contributed by atoms with Gasteiger partial charge in [0, 0.05) is 31.4 Å². The largest absolute Gasteiger partial charge is 0.378 e. The van der Waals surface area contributed by atoms with Gasteiger partial charge in [-0.3, -0.25) is 14.5 Å². The molecular weight excluding hydrogens is 326 g/mol. The number of imide groups is 1. The molecule has 24 heavy (non-hydrogen) atoms. The van der Waals surface area contributed by atoms with Gasteiger partial charge >= 0.3 is 0 Å². The van der Waals surface area contributed by atoms with Gasteiger partial charge in [-0.2, -0.15) is 0 Å². The third kappa shape index (κ3) is 2.70. The molecule has 2 aliphatic rings. The lowest BCUT2D eigenvalue weighted by Gasteiger charge is -2.26. The van der Waals surface area contributed by atoms with Crippen LogP contribution in [0.15, 0.2) is 29.6 Å². The van der Waals surface area contributed by atoms with E-state index in [0.717, 1.165) is 37.1 Å². The smallest absolute Gasteiger partial charge is 0.261 e. The number of carbonyl (C=O) groups is 2. The second kappa shape index (κ2) is 6.33. The van der Waals surface area contributed by atoms with Gasteiger partial charge < -0.3 is 9.64 Å². The van der Waals surface area contributed by atoms with Crippen molar-refractivity contribution in [3.8, 4) is 0 Å². The molecule has 6 nitrogen and oxygen atoms in total. The van der Waals surface area contributed by atoms with Crippen LogP contribution in [-0.2, 0) is 11.2 Å². The number of rotatable bonds is 4. The minimum Gasteiger partial charge on any atom is -0.378 e. The lowest BCUT2D eigenvalue weighted by molar-refractivity contribution is 0.0656. The summed E-state index contributed by atoms with van der Waals surface area (Å²) in [6, 6.07) is 6.97. The Labute approximate surface area is 143 Å². The van der Waals surface area contributed by atoms with Gasteiger partial charge in [0.1, 0.15) is 0 Å². The van der Waals surface area contributed by atoms with Crippen LogP contribution in [0.1, 0.15) is 26.4 Å². The second-order valence-electron chi connectivity index (χ2n) is 5.78. The molecule has 7 heteroatoms. The molecule has 2 amide bonds. The number of anilines is 1. The standard InChI is InChI=1S/C17H17N3O3S/c21-15-13-3-1-2-4-14(13)16(22)20(15)6-5-12-11-24-17(18-12)19-7-9-23-10-8-19/h1-4,11H,5-10H2. The minimum atomic E-state index is -0.209. The van der Waals surface area contributed by atoms with Crippen molar-refractivity contribution >= 4 is 28.3 Å². The van der Waals surface area contributed by atoms with Crippen molar-refractivity contribution < 1.29 is 14.3 Å². The predicted octanol–water partition coefficient (Wildman–Crippen LogP) is 1.82. The molecule has 1 saturated heterocycles. The third-order valence-electron chi connectivity index (χ3n) is 4.29. The van der Waals surface area contributed by atoms with Gasteiger partial charge in [0.25, 0.3) is 11.8 Å². The van der Waals surface area contributed by atoms with Crippen molar-refractivity contribution in [1.82, 2.24) is 9.88 Å². The summed E-state index contributed by atoms with van der Waals surface area (Å²) in [7, 11) is 0. The first-order valence-corrected chi connectivity index (χ1v) is 8.84. The summed E-state index contributed by atoms with van der Waals surface area (Å²) in [5.41, 5.74) is 1.91. The monoisotopic (exact) mass is 343 g/mol. The number of nitrogens with zero attached hydrogens (tertiary/aromatic N) is 3. The van der Waals surface area contributed by atoms with E-state index in [4.69, 9.17) is 4.74 Å². The molecule has 1 fully saturated rings. The number of fused-ring (bicyclic) bond motifs is 1. The summed E-state index contributed by atoms with van der Waals surface area (Å²) in [6.45, 7) is 3.52. The lowest BCUT2D eigenvalue weighted by Crippen LogP contribution is -2.36. The number of aromatic nitrogens is 1. The maximum atomic E-state index is 12.3. The molecule has 0 atom stereocenters. The minimum absolute atomic E-state index is 0.209. The Bertz CT molecular complexity index is 748. The summed E-state index contributed by atoms with van der Waals surface area (Å²) in [5, 5.41) is 2.99. The van der Waals surface area contributed by atoms with Crippen LogP contribution in [-0.4, -0.2) is 54.5 Å². The summed E-state index contributed by atoms with van der Waals surface area (Å²) in [6.07, 6.45) is 0.576. The number of hydrogen-bond donors (Lipinski definition) is 0. The fourth-order valence-corrected chi connectivity index (χ4v) is 3.89. The van der Waals surface area contributed by atoms with Crippen molar-refractivity contribution in [1.29, 1.82) is 0 Å². The van der Waals surface area contributed by atoms with Gasteiger partial charge in [0.15, 0.2) is 5.13 Å². The number of hydrogen-bond acceptors (Lipinski definition) is 6. The predicted molar refractivity (Wildman–Crippen MR) is 90.7 cm³/mol. The fourth-order valence-electron chi connectivity index (χ4n) is 2.98. The van der Waals surface area contributed by atoms with Crippen LogP contribution < -0.4 is 4.90 Å². The van der Waals surface area contributed by atoms with Gasteiger partial charge in [-0.25, -0.2) is 4.98 Å². The molecule has 2 aliphatic heterocycles. The quantitative estimate of drug-likeness (QED) is 0.793. The van der Waals surface area contributed by atoms with Crippen LogP contribution >= 0.6 is 11.3 Å². The molecule has 0 bridgehead atoms. The molecular formula is C17H17N3O3S. The Kier molecular flexibility index (Phi) is 4.03. The molecule has 124 valence electrons. The van der Waals surface area contributed by atoms with Crippen molar-refractivity contribution in [3.05, 3.63) is 46.5 Å². The molecule has 0 N–H and O–H groups in total. The zero-order valence-electron chi connectivity index (χ0n) is 13.1. The van der Waals surface area contributed by atoms with Crippen LogP contribution in [0.4, 0.5) is 5.13 Å². The first-order chi connectivity index (χ1) is 11.7. The van der Waals surface area contributed by atoms with E-state index in [1.165, 1.54) is 4.90 Å². The average Bonchev–Trinajstić information content (AvgIpc) is 3.19. The first-order valence-electron chi connectivity index (χ1n) is 7.96. The highest BCUT2D eigenvalue weighted by atomic mass is 32.1. The first kappa shape index (κ1) is 15.3. The van der Waals surface area contributed by atoms with Crippen molar-refractivity contribution in [2.75, 3.05) is 37.7 Å². The van der Waals surface area contributed by atoms with E-state index >= 15 is 0 Å². The highest BCUT2D eigenvalue weighted by molar-refractivity contribution is 7.13. The van der Waals surface area contributed by atoms with Gasteiger partial charge in [-0.15, -0.1) is 11.3 Å². The Hall–Kier alpha value is -2.25. The molecule has 0 saturated carbocycles. The van der Waals surface area contributed by atoms with Crippen molar-refractivity contribution in [2.24, 2.45) is 0 Å². The van der Waals surface area contributed by atoms with Crippen molar-refractivity contribution in [2.45, 2.75) is 6.42 Å². The number of carbonyl (C=O) groups excluding carboxylic acids is 2. The molecule has 0 radical (unpaired) electrons. The van der Waals surface area contributed by atoms with E-state index in [9.17, 15) is 9.59 Å². The van der Waals surface area contributed by atoms with Gasteiger partial charge in [0.05, 0.1) is 30.0 Å².